The van der Waals surface area contributed by atoms with Gasteiger partial charge in [-0.2, -0.15) is 0 Å². The maximum atomic E-state index is 12.6. The van der Waals surface area contributed by atoms with Gasteiger partial charge in [0.05, 0.1) is 6.10 Å². The van der Waals surface area contributed by atoms with Crippen molar-refractivity contribution >= 4 is 5.78 Å². The zero-order valence-corrected chi connectivity index (χ0v) is 17.3. The van der Waals surface area contributed by atoms with Gasteiger partial charge in [-0.1, -0.05) is 25.5 Å². The van der Waals surface area contributed by atoms with Crippen LogP contribution in [0.15, 0.2) is 11.6 Å². The maximum Gasteiger partial charge on any atom is 0.135 e. The molecule has 0 aliphatic heterocycles. The average molecular weight is 360 g/mol. The van der Waals surface area contributed by atoms with Crippen molar-refractivity contribution in [2.24, 2.45) is 34.5 Å². The van der Waals surface area contributed by atoms with Crippen LogP contribution in [-0.2, 0) is 4.79 Å². The first-order valence-electron chi connectivity index (χ1n) is 10.7. The third-order valence-electron chi connectivity index (χ3n) is 9.21. The Hall–Kier alpha value is -0.670. The number of ketones is 1. The summed E-state index contributed by atoms with van der Waals surface area (Å²) in [7, 11) is 4.31. The zero-order valence-electron chi connectivity index (χ0n) is 17.3. The largest absolute Gasteiger partial charge is 0.393 e. The van der Waals surface area contributed by atoms with E-state index in [1.807, 2.05) is 6.92 Å². The van der Waals surface area contributed by atoms with Crippen LogP contribution in [0.25, 0.3) is 0 Å². The van der Waals surface area contributed by atoms with Gasteiger partial charge in [-0.05, 0) is 94.5 Å². The van der Waals surface area contributed by atoms with Gasteiger partial charge in [0, 0.05) is 12.0 Å². The summed E-state index contributed by atoms with van der Waals surface area (Å²) in [6, 6.07) is 0.396. The van der Waals surface area contributed by atoms with Crippen LogP contribution in [0.1, 0.15) is 65.7 Å². The summed E-state index contributed by atoms with van der Waals surface area (Å²) in [5.41, 5.74) is 1.98. The van der Waals surface area contributed by atoms with E-state index < -0.39 is 0 Å². The van der Waals surface area contributed by atoms with Crippen molar-refractivity contribution in [2.45, 2.75) is 77.9 Å². The standard InChI is InChI=1S/C23H37NO2/c1-14(25)21-20(24(4)5)13-19-17-7-6-15-12-16(26)8-10-22(15,2)18(17)9-11-23(19,21)3/h6,16-21,26H,7-13H2,1-5H3/t16-,17-,18+,19-,20+,21+,22-,23-/m0/s1. The van der Waals surface area contributed by atoms with Crippen LogP contribution in [0.3, 0.4) is 0 Å². The topological polar surface area (TPSA) is 40.5 Å². The number of carbonyl (C=O) groups is 1. The third kappa shape index (κ3) is 2.49. The molecule has 0 spiro atoms. The highest BCUT2D eigenvalue weighted by Gasteiger charge is 2.62. The molecule has 8 atom stereocenters. The van der Waals surface area contributed by atoms with Gasteiger partial charge in [0.1, 0.15) is 5.78 Å². The van der Waals surface area contributed by atoms with E-state index in [9.17, 15) is 9.90 Å². The van der Waals surface area contributed by atoms with Gasteiger partial charge >= 0.3 is 0 Å². The van der Waals surface area contributed by atoms with Crippen molar-refractivity contribution in [1.82, 2.24) is 4.90 Å². The monoisotopic (exact) mass is 359 g/mol. The number of aliphatic hydroxyl groups is 1. The molecule has 0 unspecified atom stereocenters. The van der Waals surface area contributed by atoms with E-state index in [0.717, 1.165) is 31.6 Å². The molecule has 0 aromatic heterocycles. The second kappa shape index (κ2) is 6.17. The Morgan fingerprint density at radius 3 is 2.58 bits per heavy atom. The predicted octanol–water partition coefficient (Wildman–Crippen LogP) is 4.06. The Balaban J connectivity index is 1.69. The first-order chi connectivity index (χ1) is 12.2. The maximum absolute atomic E-state index is 12.6. The van der Waals surface area contributed by atoms with Crippen molar-refractivity contribution in [2.75, 3.05) is 14.1 Å². The van der Waals surface area contributed by atoms with Gasteiger partial charge in [-0.25, -0.2) is 0 Å². The Kier molecular flexibility index (Phi) is 4.43. The highest BCUT2D eigenvalue weighted by atomic mass is 16.3. The summed E-state index contributed by atoms with van der Waals surface area (Å²) in [6.07, 6.45) is 10.1. The van der Waals surface area contributed by atoms with E-state index in [0.29, 0.717) is 23.7 Å². The van der Waals surface area contributed by atoms with Crippen molar-refractivity contribution in [3.05, 3.63) is 11.6 Å². The van der Waals surface area contributed by atoms with E-state index in [4.69, 9.17) is 0 Å². The number of hydrogen-bond donors (Lipinski definition) is 1. The summed E-state index contributed by atoms with van der Waals surface area (Å²) < 4.78 is 0. The van der Waals surface area contributed by atoms with E-state index >= 15 is 0 Å². The molecule has 1 N–H and O–H groups in total. The van der Waals surface area contributed by atoms with Gasteiger partial charge in [0.15, 0.2) is 0 Å². The highest BCUT2D eigenvalue weighted by molar-refractivity contribution is 5.80. The lowest BCUT2D eigenvalue weighted by atomic mass is 9.47. The van der Waals surface area contributed by atoms with Crippen LogP contribution in [0.5, 0.6) is 0 Å². The SMILES string of the molecule is CC(=O)[C@@H]1[C@H](N(C)C)C[C@H]2[C@H]3CC=C4C[C@@H](O)CC[C@]4(C)[C@@H]3CC[C@]12C. The van der Waals surface area contributed by atoms with Crippen molar-refractivity contribution in [1.29, 1.82) is 0 Å². The number of aliphatic hydroxyl groups excluding tert-OH is 1. The Morgan fingerprint density at radius 1 is 1.19 bits per heavy atom. The molecule has 3 fully saturated rings. The molecule has 3 saturated carbocycles. The Morgan fingerprint density at radius 2 is 1.92 bits per heavy atom. The lowest BCUT2D eigenvalue weighted by Gasteiger charge is -2.57. The second-order valence-corrected chi connectivity index (χ2v) is 10.6. The van der Waals surface area contributed by atoms with Gasteiger partial charge in [-0.15, -0.1) is 0 Å². The number of allylic oxidation sites excluding steroid dienone is 1. The lowest BCUT2D eigenvalue weighted by Crippen LogP contribution is -2.51. The van der Waals surface area contributed by atoms with Crippen LogP contribution in [0.2, 0.25) is 0 Å². The molecule has 0 saturated heterocycles. The molecule has 26 heavy (non-hydrogen) atoms. The minimum Gasteiger partial charge on any atom is -0.393 e. The van der Waals surface area contributed by atoms with E-state index in [1.165, 1.54) is 24.8 Å². The fourth-order valence-electron chi connectivity index (χ4n) is 7.90. The molecule has 3 heteroatoms. The summed E-state index contributed by atoms with van der Waals surface area (Å²) in [4.78, 5) is 15.0. The molecule has 0 aromatic rings. The van der Waals surface area contributed by atoms with E-state index in [2.05, 4.69) is 38.9 Å². The average Bonchev–Trinajstić information content (AvgIpc) is 2.89. The molecule has 4 aliphatic carbocycles. The minimum absolute atomic E-state index is 0.133. The smallest absolute Gasteiger partial charge is 0.135 e. The van der Waals surface area contributed by atoms with Crippen LogP contribution >= 0.6 is 0 Å². The van der Waals surface area contributed by atoms with Crippen LogP contribution in [-0.4, -0.2) is 42.0 Å². The van der Waals surface area contributed by atoms with Gasteiger partial charge in [0.2, 0.25) is 0 Å². The van der Waals surface area contributed by atoms with Gasteiger partial charge in [-0.3, -0.25) is 4.79 Å². The molecule has 146 valence electrons. The number of hydrogen-bond acceptors (Lipinski definition) is 3. The fourth-order valence-corrected chi connectivity index (χ4v) is 7.90. The molecular weight excluding hydrogens is 322 g/mol. The molecule has 0 radical (unpaired) electrons. The Bertz CT molecular complexity index is 626. The lowest BCUT2D eigenvalue weighted by molar-refractivity contribution is -0.129. The number of Topliss-reactive ketones (excluding diaryl/α,β-unsaturated/α-hetero) is 1. The summed E-state index contributed by atoms with van der Waals surface area (Å²) in [6.45, 7) is 6.73. The van der Waals surface area contributed by atoms with E-state index in [1.54, 1.807) is 0 Å². The molecule has 0 aromatic carbocycles. The minimum atomic E-state index is -0.133. The zero-order chi connectivity index (χ0) is 18.9. The van der Waals surface area contributed by atoms with Crippen LogP contribution in [0, 0.1) is 34.5 Å². The van der Waals surface area contributed by atoms with Gasteiger partial charge in [0.25, 0.3) is 0 Å². The molecule has 3 nitrogen and oxygen atoms in total. The van der Waals surface area contributed by atoms with Crippen LogP contribution in [0.4, 0.5) is 0 Å². The fraction of sp³-hybridized carbons (Fsp3) is 0.870. The summed E-state index contributed by atoms with van der Waals surface area (Å²) >= 11 is 0. The van der Waals surface area contributed by atoms with Crippen LogP contribution < -0.4 is 0 Å². The van der Waals surface area contributed by atoms with Crippen molar-refractivity contribution in [3.63, 3.8) is 0 Å². The number of fused-ring (bicyclic) bond motifs is 5. The highest BCUT2D eigenvalue weighted by Crippen LogP contribution is 2.66. The molecule has 0 bridgehead atoms. The molecule has 4 rings (SSSR count). The van der Waals surface area contributed by atoms with Gasteiger partial charge < -0.3 is 10.0 Å². The predicted molar refractivity (Wildman–Crippen MR) is 105 cm³/mol. The first kappa shape index (κ1) is 18.7. The summed E-state index contributed by atoms with van der Waals surface area (Å²) in [5, 5.41) is 10.2. The van der Waals surface area contributed by atoms with E-state index in [-0.39, 0.29) is 22.9 Å². The molecular formula is C23H37NO2. The quantitative estimate of drug-likeness (QED) is 0.756. The van der Waals surface area contributed by atoms with Crippen molar-refractivity contribution < 1.29 is 9.90 Å². The Labute approximate surface area is 159 Å². The second-order valence-electron chi connectivity index (χ2n) is 10.6. The molecule has 0 amide bonds. The third-order valence-corrected chi connectivity index (χ3v) is 9.21. The molecule has 4 aliphatic rings. The first-order valence-corrected chi connectivity index (χ1v) is 10.7. The van der Waals surface area contributed by atoms with Crippen molar-refractivity contribution in [3.8, 4) is 0 Å². The normalized spacial score (nSPS) is 50.7. The number of rotatable bonds is 2. The number of carbonyl (C=O) groups excluding carboxylic acids is 1. The summed E-state index contributed by atoms with van der Waals surface area (Å²) in [5.74, 6) is 2.69. The number of nitrogens with zero attached hydrogens (tertiary/aromatic N) is 1. The molecule has 0 heterocycles.